The molecule has 1 aromatic carbocycles. The van der Waals surface area contributed by atoms with E-state index >= 15 is 4.39 Å². The summed E-state index contributed by atoms with van der Waals surface area (Å²) in [6, 6.07) is 3.01. The van der Waals surface area contributed by atoms with Crippen molar-refractivity contribution >= 4 is 39.2 Å². The Morgan fingerprint density at radius 1 is 1.06 bits per heavy atom. The largest absolute Gasteiger partial charge is 0.480 e. The lowest BCUT2D eigenvalue weighted by Gasteiger charge is -2.54. The number of hydrogen-bond acceptors (Lipinski definition) is 10. The zero-order valence-electron chi connectivity index (χ0n) is 28.1. The van der Waals surface area contributed by atoms with Gasteiger partial charge in [-0.15, -0.1) is 0 Å². The van der Waals surface area contributed by atoms with Crippen molar-refractivity contribution in [2.45, 2.75) is 89.0 Å². The van der Waals surface area contributed by atoms with Crippen LogP contribution in [0.3, 0.4) is 0 Å². The Morgan fingerprint density at radius 3 is 2.73 bits per heavy atom. The van der Waals surface area contributed by atoms with E-state index in [1.807, 2.05) is 6.92 Å². The third-order valence-electron chi connectivity index (χ3n) is 11.9. The minimum Gasteiger partial charge on any atom is -0.480 e. The maximum absolute atomic E-state index is 17.1. The van der Waals surface area contributed by atoms with Gasteiger partial charge >= 0.3 is 6.01 Å². The second kappa shape index (κ2) is 12.5. The Balaban J connectivity index is 1.13. The number of fused-ring (bicyclic) bond motifs is 5. The molecule has 4 saturated heterocycles. The van der Waals surface area contributed by atoms with E-state index in [0.29, 0.717) is 95.5 Å². The molecule has 6 fully saturated rings. The van der Waals surface area contributed by atoms with E-state index in [9.17, 15) is 0 Å². The number of nitrogens with zero attached hydrogens (tertiary/aromatic N) is 6. The lowest BCUT2D eigenvalue weighted by atomic mass is 9.73. The molecule has 11 nitrogen and oxygen atoms in total. The summed E-state index contributed by atoms with van der Waals surface area (Å²) in [5.41, 5.74) is 2.13. The highest BCUT2D eigenvalue weighted by Gasteiger charge is 2.52. The number of anilines is 1. The predicted molar refractivity (Wildman–Crippen MR) is 184 cm³/mol. The molecule has 260 valence electrons. The molecule has 4 unspecified atom stereocenters. The molecule has 4 aromatic rings. The van der Waals surface area contributed by atoms with Gasteiger partial charge in [0.15, 0.2) is 5.82 Å². The summed E-state index contributed by atoms with van der Waals surface area (Å²) >= 11 is 6.64. The van der Waals surface area contributed by atoms with E-state index in [-0.39, 0.29) is 28.5 Å². The van der Waals surface area contributed by atoms with Gasteiger partial charge in [0.25, 0.3) is 0 Å². The number of methoxy groups -OCH3 is 1. The summed E-state index contributed by atoms with van der Waals surface area (Å²) in [6.07, 6.45) is 12.5. The molecule has 4 atom stereocenters. The molecule has 10 rings (SSSR count). The number of aromatic amines is 1. The summed E-state index contributed by atoms with van der Waals surface area (Å²) in [6.45, 7) is 5.96. The van der Waals surface area contributed by atoms with E-state index in [1.54, 1.807) is 12.3 Å². The van der Waals surface area contributed by atoms with Gasteiger partial charge in [0.05, 0.1) is 44.2 Å². The number of aromatic nitrogens is 5. The number of benzene rings is 1. The second-order valence-electron chi connectivity index (χ2n) is 14.6. The highest BCUT2D eigenvalue weighted by atomic mass is 35.5. The summed E-state index contributed by atoms with van der Waals surface area (Å²) in [5.74, 6) is 0.201. The lowest BCUT2D eigenvalue weighted by molar-refractivity contribution is -0.187. The summed E-state index contributed by atoms with van der Waals surface area (Å²) in [5, 5.41) is 8.76. The minimum atomic E-state index is -0.581. The van der Waals surface area contributed by atoms with Gasteiger partial charge in [-0.05, 0) is 76.5 Å². The van der Waals surface area contributed by atoms with E-state index in [4.69, 9.17) is 45.5 Å². The van der Waals surface area contributed by atoms with Crippen LogP contribution in [0.1, 0.15) is 63.4 Å². The second-order valence-corrected chi connectivity index (χ2v) is 15.0. The van der Waals surface area contributed by atoms with Crippen molar-refractivity contribution in [1.82, 2.24) is 30.0 Å². The third-order valence-corrected chi connectivity index (χ3v) is 12.3. The molecule has 7 heterocycles. The maximum Gasteiger partial charge on any atom is 0.319 e. The third kappa shape index (κ3) is 5.32. The van der Waals surface area contributed by atoms with E-state index in [2.05, 4.69) is 20.0 Å². The van der Waals surface area contributed by atoms with Gasteiger partial charge in [-0.2, -0.15) is 15.1 Å². The van der Waals surface area contributed by atoms with Gasteiger partial charge in [0.2, 0.25) is 5.88 Å². The Labute approximate surface area is 289 Å². The smallest absolute Gasteiger partial charge is 0.319 e. The monoisotopic (exact) mass is 691 g/mol. The molecular weight excluding hydrogens is 649 g/mol. The molecule has 0 amide bonds. The zero-order valence-corrected chi connectivity index (χ0v) is 28.9. The Bertz CT molecular complexity index is 1880. The van der Waals surface area contributed by atoms with Crippen LogP contribution in [0.5, 0.6) is 11.9 Å². The van der Waals surface area contributed by atoms with Crippen LogP contribution in [0.15, 0.2) is 12.3 Å². The lowest BCUT2D eigenvalue weighted by Crippen LogP contribution is -2.60. The SMILES string of the molecule is COc1nc(-c2c(C)c(Cl)cc3[nH]ncc23)c(F)c2nc(OCC34CCCC3N(C3CC5CC(C3)O5)CCC4)nc(N3CCCOCC3)c12. The number of ether oxygens (including phenoxy) is 4. The molecule has 4 aliphatic heterocycles. The zero-order chi connectivity index (χ0) is 33.3. The summed E-state index contributed by atoms with van der Waals surface area (Å²) < 4.78 is 41.4. The van der Waals surface area contributed by atoms with Crippen LogP contribution in [0.25, 0.3) is 33.1 Å². The summed E-state index contributed by atoms with van der Waals surface area (Å²) in [7, 11) is 1.54. The van der Waals surface area contributed by atoms with Crippen molar-refractivity contribution < 1.29 is 23.3 Å². The molecular formula is C36H43ClFN7O4. The number of halogens is 2. The maximum atomic E-state index is 17.1. The van der Waals surface area contributed by atoms with Gasteiger partial charge in [0, 0.05) is 53.2 Å². The average molecular weight is 692 g/mol. The molecule has 3 aromatic heterocycles. The van der Waals surface area contributed by atoms with Gasteiger partial charge in [-0.25, -0.2) is 9.37 Å². The normalized spacial score (nSPS) is 28.8. The van der Waals surface area contributed by atoms with Gasteiger partial charge in [0.1, 0.15) is 22.4 Å². The first kappa shape index (κ1) is 31.6. The number of rotatable bonds is 7. The molecule has 2 saturated carbocycles. The topological polar surface area (TPSA) is 111 Å². The van der Waals surface area contributed by atoms with E-state index in [0.717, 1.165) is 45.1 Å². The fourth-order valence-electron chi connectivity index (χ4n) is 9.55. The fraction of sp³-hybridized carbons (Fsp3) is 0.611. The van der Waals surface area contributed by atoms with E-state index in [1.165, 1.54) is 26.4 Å². The van der Waals surface area contributed by atoms with Crippen molar-refractivity contribution in [3.05, 3.63) is 28.7 Å². The number of pyridine rings is 1. The molecule has 49 heavy (non-hydrogen) atoms. The van der Waals surface area contributed by atoms with Crippen LogP contribution in [0.2, 0.25) is 5.02 Å². The molecule has 13 heteroatoms. The number of nitrogens with one attached hydrogen (secondary N) is 1. The highest BCUT2D eigenvalue weighted by molar-refractivity contribution is 6.33. The molecule has 1 N–H and O–H groups in total. The molecule has 6 aliphatic rings. The quantitative estimate of drug-likeness (QED) is 0.239. The Kier molecular flexibility index (Phi) is 8.05. The predicted octanol–water partition coefficient (Wildman–Crippen LogP) is 6.24. The Morgan fingerprint density at radius 2 is 1.90 bits per heavy atom. The van der Waals surface area contributed by atoms with Crippen LogP contribution in [-0.2, 0) is 9.47 Å². The van der Waals surface area contributed by atoms with Crippen molar-refractivity contribution in [3.8, 4) is 23.1 Å². The van der Waals surface area contributed by atoms with Crippen molar-refractivity contribution in [2.24, 2.45) is 5.41 Å². The number of H-pyrrole nitrogens is 1. The molecule has 2 bridgehead atoms. The molecule has 0 radical (unpaired) electrons. The van der Waals surface area contributed by atoms with Crippen LogP contribution < -0.4 is 14.4 Å². The van der Waals surface area contributed by atoms with Crippen LogP contribution >= 0.6 is 11.6 Å². The Hall–Kier alpha value is -3.32. The average Bonchev–Trinajstić information content (AvgIpc) is 3.66. The van der Waals surface area contributed by atoms with Gasteiger partial charge < -0.3 is 23.8 Å². The first-order chi connectivity index (χ1) is 23.9. The first-order valence-electron chi connectivity index (χ1n) is 17.9. The highest BCUT2D eigenvalue weighted by Crippen LogP contribution is 2.51. The van der Waals surface area contributed by atoms with Gasteiger partial charge in [-0.3, -0.25) is 10.00 Å². The number of likely N-dealkylation sites (tertiary alicyclic amines) is 1. The van der Waals surface area contributed by atoms with Crippen molar-refractivity contribution in [2.75, 3.05) is 51.5 Å². The number of piperidine rings is 1. The van der Waals surface area contributed by atoms with Crippen LogP contribution in [0.4, 0.5) is 10.2 Å². The minimum absolute atomic E-state index is 0.0140. The molecule has 0 spiro atoms. The number of hydrogen-bond donors (Lipinski definition) is 1. The molecule has 2 aliphatic carbocycles. The van der Waals surface area contributed by atoms with Crippen molar-refractivity contribution in [3.63, 3.8) is 0 Å². The first-order valence-corrected chi connectivity index (χ1v) is 18.2. The van der Waals surface area contributed by atoms with E-state index < -0.39 is 5.82 Å². The van der Waals surface area contributed by atoms with Crippen LogP contribution in [0, 0.1) is 18.2 Å². The van der Waals surface area contributed by atoms with Crippen LogP contribution in [-0.4, -0.2) is 101 Å². The van der Waals surface area contributed by atoms with Crippen molar-refractivity contribution in [1.29, 1.82) is 0 Å². The summed E-state index contributed by atoms with van der Waals surface area (Å²) in [4.78, 5) is 19.5. The fourth-order valence-corrected chi connectivity index (χ4v) is 9.76. The standard InChI is InChI=1S/C36H43ClFN7O4/c1-20-25(37)17-26-24(18-39-43-26)28(20)31-30(38)32-29(34(40-31)46-2)33(44-9-5-12-47-13-11-44)42-35(41-32)48-19-36-7-3-6-27(36)45(10-4-8-36)21-14-22-16-23(15-21)49-22/h17-18,21-23,27H,3-16,19H2,1-2H3,(H,39,43). The van der Waals surface area contributed by atoms with Gasteiger partial charge in [-0.1, -0.05) is 18.0 Å².